The summed E-state index contributed by atoms with van der Waals surface area (Å²) >= 11 is 0. The van der Waals surface area contributed by atoms with Gasteiger partial charge in [-0.2, -0.15) is 8.42 Å². The first-order valence-electron chi connectivity index (χ1n) is 5.42. The lowest BCUT2D eigenvalue weighted by atomic mass is 10.4. The Morgan fingerprint density at radius 1 is 1.35 bits per heavy atom. The van der Waals surface area contributed by atoms with Crippen LogP contribution in [0.5, 0.6) is 0 Å². The second kappa shape index (κ2) is 8.21. The molecule has 0 unspecified atom stereocenters. The van der Waals surface area contributed by atoms with E-state index in [4.69, 9.17) is 0 Å². The summed E-state index contributed by atoms with van der Waals surface area (Å²) in [4.78, 5) is 12.3. The van der Waals surface area contributed by atoms with Crippen molar-refractivity contribution >= 4 is 16.3 Å². The Labute approximate surface area is 103 Å². The molecule has 0 aliphatic carbocycles. The van der Waals surface area contributed by atoms with Crippen molar-refractivity contribution in [2.75, 3.05) is 19.8 Å². The highest BCUT2D eigenvalue weighted by Crippen LogP contribution is 2.08. The number of nitrogens with zero attached hydrogens (tertiary/aromatic N) is 1. The Hall–Kier alpha value is -0.920. The molecule has 0 radical (unpaired) electrons. The summed E-state index contributed by atoms with van der Waals surface area (Å²) in [6.45, 7) is 7.75. The van der Waals surface area contributed by atoms with Crippen molar-refractivity contribution in [3.63, 3.8) is 0 Å². The summed E-state index contributed by atoms with van der Waals surface area (Å²) in [7, 11) is -3.68. The zero-order valence-corrected chi connectivity index (χ0v) is 11.0. The van der Waals surface area contributed by atoms with Crippen LogP contribution in [0.1, 0.15) is 26.7 Å². The van der Waals surface area contributed by atoms with Crippen molar-refractivity contribution in [1.82, 2.24) is 4.90 Å². The zero-order chi connectivity index (χ0) is 13.3. The molecule has 1 saturated heterocycles. The van der Waals surface area contributed by atoms with Crippen molar-refractivity contribution in [2.45, 2.75) is 26.7 Å². The summed E-state index contributed by atoms with van der Waals surface area (Å²) in [5, 5.41) is 0. The van der Waals surface area contributed by atoms with E-state index in [0.717, 1.165) is 13.0 Å². The Morgan fingerprint density at radius 3 is 2.12 bits per heavy atom. The standard InChI is InChI=1S/C6H9NO.C4H10O4S/c1-2-7-5-3-4-6(7)8;1-3-7-9(5,6)8-4-2/h2H,1,3-5H2;3-4H2,1-2H3. The highest BCUT2D eigenvalue weighted by atomic mass is 32.3. The molecule has 1 rings (SSSR count). The second-order valence-electron chi connectivity index (χ2n) is 3.09. The van der Waals surface area contributed by atoms with E-state index < -0.39 is 10.4 Å². The molecule has 0 aromatic carbocycles. The lowest BCUT2D eigenvalue weighted by Crippen LogP contribution is -2.16. The average molecular weight is 265 g/mol. The van der Waals surface area contributed by atoms with Crippen LogP contribution in [0, 0.1) is 0 Å². The summed E-state index contributed by atoms with van der Waals surface area (Å²) < 4.78 is 29.2. The van der Waals surface area contributed by atoms with Crippen molar-refractivity contribution < 1.29 is 21.6 Å². The number of likely N-dealkylation sites (tertiary alicyclic amines) is 1. The smallest absolute Gasteiger partial charge is 0.320 e. The largest absolute Gasteiger partial charge is 0.399 e. The number of hydrogen-bond donors (Lipinski definition) is 0. The topological polar surface area (TPSA) is 72.9 Å². The van der Waals surface area contributed by atoms with Gasteiger partial charge in [-0.3, -0.25) is 4.79 Å². The van der Waals surface area contributed by atoms with E-state index >= 15 is 0 Å². The summed E-state index contributed by atoms with van der Waals surface area (Å²) in [6, 6.07) is 0. The fraction of sp³-hybridized carbons (Fsp3) is 0.700. The predicted molar refractivity (Wildman–Crippen MR) is 63.3 cm³/mol. The molecule has 7 heteroatoms. The van der Waals surface area contributed by atoms with E-state index in [9.17, 15) is 13.2 Å². The molecule has 6 nitrogen and oxygen atoms in total. The van der Waals surface area contributed by atoms with Crippen LogP contribution in [0.15, 0.2) is 12.8 Å². The summed E-state index contributed by atoms with van der Waals surface area (Å²) in [6.07, 6.45) is 3.28. The van der Waals surface area contributed by atoms with Crippen LogP contribution in [0.4, 0.5) is 0 Å². The Balaban J connectivity index is 0.000000302. The van der Waals surface area contributed by atoms with E-state index in [0.29, 0.717) is 6.42 Å². The second-order valence-corrected chi connectivity index (χ2v) is 4.38. The maximum absolute atomic E-state index is 10.7. The molecule has 1 fully saturated rings. The lowest BCUT2D eigenvalue weighted by Gasteiger charge is -2.05. The summed E-state index contributed by atoms with van der Waals surface area (Å²) in [5.41, 5.74) is 0. The van der Waals surface area contributed by atoms with Gasteiger partial charge in [0, 0.05) is 13.0 Å². The molecule has 1 heterocycles. The van der Waals surface area contributed by atoms with Crippen LogP contribution in [0.3, 0.4) is 0 Å². The monoisotopic (exact) mass is 265 g/mol. The Bertz CT molecular complexity index is 327. The van der Waals surface area contributed by atoms with Crippen LogP contribution in [-0.4, -0.2) is 39.0 Å². The minimum atomic E-state index is -3.68. The van der Waals surface area contributed by atoms with Crippen LogP contribution < -0.4 is 0 Å². The first-order valence-corrected chi connectivity index (χ1v) is 6.76. The molecule has 1 amide bonds. The molecule has 0 aromatic heterocycles. The van der Waals surface area contributed by atoms with Gasteiger partial charge in [-0.05, 0) is 26.5 Å². The predicted octanol–water partition coefficient (Wildman–Crippen LogP) is 1.06. The first kappa shape index (κ1) is 16.1. The van der Waals surface area contributed by atoms with Gasteiger partial charge < -0.3 is 4.90 Å². The Kier molecular flexibility index (Phi) is 7.77. The van der Waals surface area contributed by atoms with Crippen molar-refractivity contribution in [1.29, 1.82) is 0 Å². The molecule has 0 spiro atoms. The minimum absolute atomic E-state index is 0.113. The van der Waals surface area contributed by atoms with Crippen LogP contribution in [-0.2, 0) is 23.6 Å². The molecule has 1 aliphatic rings. The minimum Gasteiger partial charge on any atom is -0.320 e. The number of carbonyl (C=O) groups is 1. The van der Waals surface area contributed by atoms with E-state index in [1.807, 2.05) is 0 Å². The molecule has 17 heavy (non-hydrogen) atoms. The molecular weight excluding hydrogens is 246 g/mol. The molecule has 0 atom stereocenters. The third-order valence-electron chi connectivity index (χ3n) is 1.85. The summed E-state index contributed by atoms with van der Waals surface area (Å²) in [5.74, 6) is 0.208. The SMILES string of the molecule is C=CN1CCCC1=O.CCOS(=O)(=O)OCC. The molecule has 0 N–H and O–H groups in total. The number of carbonyl (C=O) groups excluding carboxylic acids is 1. The zero-order valence-electron chi connectivity index (χ0n) is 10.2. The molecule has 1 aliphatic heterocycles. The van der Waals surface area contributed by atoms with Crippen LogP contribution in [0.2, 0.25) is 0 Å². The number of rotatable bonds is 5. The fourth-order valence-electron chi connectivity index (χ4n) is 1.18. The van der Waals surface area contributed by atoms with Gasteiger partial charge in [-0.1, -0.05) is 6.58 Å². The highest BCUT2D eigenvalue weighted by Gasteiger charge is 2.16. The Morgan fingerprint density at radius 2 is 1.88 bits per heavy atom. The average Bonchev–Trinajstić information content (AvgIpc) is 2.64. The van der Waals surface area contributed by atoms with Gasteiger partial charge >= 0.3 is 10.4 Å². The van der Waals surface area contributed by atoms with E-state index in [1.54, 1.807) is 24.9 Å². The number of hydrogen-bond acceptors (Lipinski definition) is 5. The maximum atomic E-state index is 10.7. The number of amides is 1. The van der Waals surface area contributed by atoms with Crippen LogP contribution in [0.25, 0.3) is 0 Å². The van der Waals surface area contributed by atoms with Gasteiger partial charge in [0.1, 0.15) is 0 Å². The first-order chi connectivity index (χ1) is 7.96. The van der Waals surface area contributed by atoms with Gasteiger partial charge in [0.25, 0.3) is 0 Å². The van der Waals surface area contributed by atoms with Crippen LogP contribution >= 0.6 is 0 Å². The highest BCUT2D eigenvalue weighted by molar-refractivity contribution is 7.81. The van der Waals surface area contributed by atoms with Gasteiger partial charge in [-0.15, -0.1) is 0 Å². The molecule has 0 bridgehead atoms. The van der Waals surface area contributed by atoms with E-state index in [1.165, 1.54) is 0 Å². The third-order valence-corrected chi connectivity index (χ3v) is 2.90. The van der Waals surface area contributed by atoms with Gasteiger partial charge in [-0.25, -0.2) is 8.37 Å². The maximum Gasteiger partial charge on any atom is 0.399 e. The normalized spacial score (nSPS) is 15.4. The molecule has 0 aromatic rings. The molecule has 100 valence electrons. The van der Waals surface area contributed by atoms with Crippen molar-refractivity contribution in [3.8, 4) is 0 Å². The molecule has 0 saturated carbocycles. The van der Waals surface area contributed by atoms with Gasteiger partial charge in [0.15, 0.2) is 0 Å². The van der Waals surface area contributed by atoms with E-state index in [2.05, 4.69) is 14.9 Å². The van der Waals surface area contributed by atoms with Crippen molar-refractivity contribution in [2.24, 2.45) is 0 Å². The third kappa shape index (κ3) is 7.09. The van der Waals surface area contributed by atoms with Gasteiger partial charge in [0.2, 0.25) is 5.91 Å². The quantitative estimate of drug-likeness (QED) is 0.743. The van der Waals surface area contributed by atoms with E-state index in [-0.39, 0.29) is 19.1 Å². The lowest BCUT2D eigenvalue weighted by molar-refractivity contribution is -0.125. The van der Waals surface area contributed by atoms with Crippen molar-refractivity contribution in [3.05, 3.63) is 12.8 Å². The van der Waals surface area contributed by atoms with Gasteiger partial charge in [0.05, 0.1) is 13.2 Å². The molecular formula is C10H19NO5S. The fourth-order valence-corrected chi connectivity index (χ4v) is 1.83.